The molecule has 0 saturated carbocycles. The summed E-state index contributed by atoms with van der Waals surface area (Å²) in [5.74, 6) is 0. The fourth-order valence-electron chi connectivity index (χ4n) is 0.896. The summed E-state index contributed by atoms with van der Waals surface area (Å²) in [6.45, 7) is 0. The van der Waals surface area contributed by atoms with E-state index in [-0.39, 0.29) is 0 Å². The standard InChI is InChI=1S/C10H11ClS2/c1-12-10(13-2)7-8-3-5-9(11)6-4-8/h3-7H,1-2H3. The first kappa shape index (κ1) is 11.0. The topological polar surface area (TPSA) is 0 Å². The third kappa shape index (κ3) is 3.67. The Labute approximate surface area is 92.8 Å². The smallest absolute Gasteiger partial charge is 0.0406 e. The van der Waals surface area contributed by atoms with Crippen molar-refractivity contribution in [1.82, 2.24) is 0 Å². The van der Waals surface area contributed by atoms with E-state index in [1.165, 1.54) is 9.80 Å². The van der Waals surface area contributed by atoms with Crippen LogP contribution >= 0.6 is 35.1 Å². The lowest BCUT2D eigenvalue weighted by Gasteiger charge is -1.99. The molecule has 1 aromatic rings. The maximum atomic E-state index is 5.78. The Morgan fingerprint density at radius 3 is 2.15 bits per heavy atom. The van der Waals surface area contributed by atoms with Gasteiger partial charge >= 0.3 is 0 Å². The van der Waals surface area contributed by atoms with Crippen LogP contribution in [0.15, 0.2) is 28.5 Å². The van der Waals surface area contributed by atoms with Gasteiger partial charge < -0.3 is 0 Å². The van der Waals surface area contributed by atoms with Crippen LogP contribution in [0.2, 0.25) is 5.02 Å². The van der Waals surface area contributed by atoms with Gasteiger partial charge in [0.1, 0.15) is 0 Å². The van der Waals surface area contributed by atoms with Gasteiger partial charge in [0.05, 0.1) is 0 Å². The van der Waals surface area contributed by atoms with Crippen LogP contribution in [0.25, 0.3) is 6.08 Å². The zero-order chi connectivity index (χ0) is 9.68. The molecule has 0 bridgehead atoms. The predicted molar refractivity (Wildman–Crippen MR) is 66.5 cm³/mol. The molecule has 1 aromatic carbocycles. The lowest BCUT2D eigenvalue weighted by atomic mass is 10.2. The van der Waals surface area contributed by atoms with Crippen LogP contribution in [0, 0.1) is 0 Å². The third-order valence-electron chi connectivity index (χ3n) is 1.56. The van der Waals surface area contributed by atoms with Crippen molar-refractivity contribution < 1.29 is 0 Å². The summed E-state index contributed by atoms with van der Waals surface area (Å²) in [6.07, 6.45) is 6.32. The molecule has 0 N–H and O–H groups in total. The summed E-state index contributed by atoms with van der Waals surface area (Å²) < 4.78 is 1.31. The molecule has 0 aliphatic carbocycles. The highest BCUT2D eigenvalue weighted by Crippen LogP contribution is 2.26. The molecular formula is C10H11ClS2. The molecular weight excluding hydrogens is 220 g/mol. The first-order valence-electron chi connectivity index (χ1n) is 3.81. The molecule has 0 aliphatic heterocycles. The van der Waals surface area contributed by atoms with Crippen LogP contribution in [0.1, 0.15) is 5.56 Å². The first-order valence-corrected chi connectivity index (χ1v) is 6.64. The number of rotatable bonds is 3. The van der Waals surface area contributed by atoms with E-state index in [0.29, 0.717) is 0 Å². The predicted octanol–water partition coefficient (Wildman–Crippen LogP) is 4.36. The van der Waals surface area contributed by atoms with Gasteiger partial charge in [-0.15, -0.1) is 23.5 Å². The Bertz CT molecular complexity index is 284. The highest BCUT2D eigenvalue weighted by Gasteiger charge is 1.93. The Kier molecular flexibility index (Phi) is 4.78. The lowest BCUT2D eigenvalue weighted by Crippen LogP contribution is -1.72. The molecule has 0 fully saturated rings. The second-order valence-electron chi connectivity index (χ2n) is 2.42. The van der Waals surface area contributed by atoms with Crippen LogP contribution in [0.3, 0.4) is 0 Å². The van der Waals surface area contributed by atoms with Gasteiger partial charge in [-0.05, 0) is 36.3 Å². The Hall–Kier alpha value is -0.0500. The van der Waals surface area contributed by atoms with Crippen molar-refractivity contribution in [1.29, 1.82) is 0 Å². The number of halogens is 1. The second-order valence-corrected chi connectivity index (χ2v) is 4.81. The number of thioether (sulfide) groups is 2. The van der Waals surface area contributed by atoms with Crippen LogP contribution < -0.4 is 0 Å². The van der Waals surface area contributed by atoms with E-state index in [0.717, 1.165) is 5.02 Å². The van der Waals surface area contributed by atoms with Gasteiger partial charge in [-0.3, -0.25) is 0 Å². The van der Waals surface area contributed by atoms with Crippen LogP contribution in [-0.4, -0.2) is 12.5 Å². The minimum Gasteiger partial charge on any atom is -0.123 e. The van der Waals surface area contributed by atoms with Crippen molar-refractivity contribution in [2.75, 3.05) is 12.5 Å². The Morgan fingerprint density at radius 1 is 1.15 bits per heavy atom. The van der Waals surface area contributed by atoms with E-state index in [9.17, 15) is 0 Å². The molecule has 0 aromatic heterocycles. The number of hydrogen-bond acceptors (Lipinski definition) is 2. The summed E-state index contributed by atoms with van der Waals surface area (Å²) in [4.78, 5) is 0. The molecule has 0 radical (unpaired) electrons. The Morgan fingerprint density at radius 2 is 1.69 bits per heavy atom. The third-order valence-corrected chi connectivity index (χ3v) is 3.85. The van der Waals surface area contributed by atoms with Gasteiger partial charge in [0.15, 0.2) is 0 Å². The van der Waals surface area contributed by atoms with Gasteiger partial charge in [-0.25, -0.2) is 0 Å². The molecule has 0 nitrogen and oxygen atoms in total. The molecule has 0 aliphatic rings. The monoisotopic (exact) mass is 230 g/mol. The number of hydrogen-bond donors (Lipinski definition) is 0. The van der Waals surface area contributed by atoms with Gasteiger partial charge in [0.2, 0.25) is 0 Å². The van der Waals surface area contributed by atoms with E-state index in [4.69, 9.17) is 11.6 Å². The molecule has 0 amide bonds. The van der Waals surface area contributed by atoms with Crippen molar-refractivity contribution in [3.05, 3.63) is 39.1 Å². The summed E-state index contributed by atoms with van der Waals surface area (Å²) in [5, 5.41) is 0.784. The zero-order valence-electron chi connectivity index (χ0n) is 7.58. The zero-order valence-corrected chi connectivity index (χ0v) is 9.97. The highest BCUT2D eigenvalue weighted by atomic mass is 35.5. The molecule has 0 spiro atoms. The second kappa shape index (κ2) is 5.63. The van der Waals surface area contributed by atoms with E-state index in [2.05, 4.69) is 18.6 Å². The maximum Gasteiger partial charge on any atom is 0.0406 e. The van der Waals surface area contributed by atoms with Crippen molar-refractivity contribution in [2.45, 2.75) is 0 Å². The van der Waals surface area contributed by atoms with E-state index in [1.807, 2.05) is 24.3 Å². The van der Waals surface area contributed by atoms with Crippen LogP contribution in [0.5, 0.6) is 0 Å². The van der Waals surface area contributed by atoms with Crippen molar-refractivity contribution in [3.63, 3.8) is 0 Å². The fourth-order valence-corrected chi connectivity index (χ4v) is 2.20. The molecule has 3 heteroatoms. The average Bonchev–Trinajstić information content (AvgIpc) is 2.17. The van der Waals surface area contributed by atoms with Crippen molar-refractivity contribution in [2.24, 2.45) is 0 Å². The molecule has 0 saturated heterocycles. The lowest BCUT2D eigenvalue weighted by molar-refractivity contribution is 1.66. The molecule has 0 atom stereocenters. The van der Waals surface area contributed by atoms with E-state index >= 15 is 0 Å². The van der Waals surface area contributed by atoms with Gasteiger partial charge in [-0.2, -0.15) is 0 Å². The molecule has 1 rings (SSSR count). The normalized spacial score (nSPS) is 9.77. The molecule has 0 unspecified atom stereocenters. The maximum absolute atomic E-state index is 5.78. The van der Waals surface area contributed by atoms with Crippen LogP contribution in [0.4, 0.5) is 0 Å². The fraction of sp³-hybridized carbons (Fsp3) is 0.200. The summed E-state index contributed by atoms with van der Waals surface area (Å²) in [7, 11) is 0. The summed E-state index contributed by atoms with van der Waals surface area (Å²) in [5.41, 5.74) is 1.20. The molecule has 13 heavy (non-hydrogen) atoms. The van der Waals surface area contributed by atoms with Gasteiger partial charge in [0.25, 0.3) is 0 Å². The van der Waals surface area contributed by atoms with Gasteiger partial charge in [-0.1, -0.05) is 23.7 Å². The first-order chi connectivity index (χ1) is 6.26. The van der Waals surface area contributed by atoms with E-state index in [1.54, 1.807) is 23.5 Å². The highest BCUT2D eigenvalue weighted by molar-refractivity contribution is 8.21. The number of benzene rings is 1. The quantitative estimate of drug-likeness (QED) is 0.757. The van der Waals surface area contributed by atoms with Crippen molar-refractivity contribution >= 4 is 41.2 Å². The van der Waals surface area contributed by atoms with E-state index < -0.39 is 0 Å². The minimum atomic E-state index is 0.784. The Balaban J connectivity index is 2.84. The average molecular weight is 231 g/mol. The van der Waals surface area contributed by atoms with Crippen molar-refractivity contribution in [3.8, 4) is 0 Å². The molecule has 0 heterocycles. The molecule has 70 valence electrons. The van der Waals surface area contributed by atoms with Gasteiger partial charge in [0, 0.05) is 9.26 Å². The minimum absolute atomic E-state index is 0.784. The van der Waals surface area contributed by atoms with Crippen LogP contribution in [-0.2, 0) is 0 Å². The summed E-state index contributed by atoms with van der Waals surface area (Å²) >= 11 is 9.30. The SMILES string of the molecule is CSC(=Cc1ccc(Cl)cc1)SC. The largest absolute Gasteiger partial charge is 0.123 e. The summed E-state index contributed by atoms with van der Waals surface area (Å²) in [6, 6.07) is 7.86.